The fourth-order valence-corrected chi connectivity index (χ4v) is 3.62. The molecule has 0 aromatic heterocycles. The van der Waals surface area contributed by atoms with Gasteiger partial charge in [-0.3, -0.25) is 14.5 Å². The molecule has 0 bridgehead atoms. The first-order chi connectivity index (χ1) is 13.4. The molecule has 28 heavy (non-hydrogen) atoms. The number of anilines is 1. The second-order valence-electron chi connectivity index (χ2n) is 8.03. The van der Waals surface area contributed by atoms with Gasteiger partial charge in [0.1, 0.15) is 0 Å². The van der Waals surface area contributed by atoms with E-state index in [0.717, 1.165) is 36.4 Å². The van der Waals surface area contributed by atoms with E-state index in [4.69, 9.17) is 5.11 Å². The molecule has 1 aliphatic rings. The van der Waals surface area contributed by atoms with Crippen molar-refractivity contribution in [3.05, 3.63) is 65.7 Å². The normalized spacial score (nSPS) is 15.9. The summed E-state index contributed by atoms with van der Waals surface area (Å²) in [5.41, 5.74) is 2.25. The summed E-state index contributed by atoms with van der Waals surface area (Å²) in [5, 5.41) is 12.2. The Morgan fingerprint density at radius 1 is 1.07 bits per heavy atom. The predicted molar refractivity (Wildman–Crippen MR) is 110 cm³/mol. The fraction of sp³-hybridized carbons (Fsp3) is 0.391. The molecule has 3 rings (SSSR count). The number of nitrogens with one attached hydrogen (secondary N) is 1. The Morgan fingerprint density at radius 2 is 1.75 bits per heavy atom. The summed E-state index contributed by atoms with van der Waals surface area (Å²) in [6, 6.07) is 17.7. The number of nitrogens with zero attached hydrogens (tertiary/aromatic N) is 1. The number of amides is 1. The van der Waals surface area contributed by atoms with Gasteiger partial charge in [0.15, 0.2) is 0 Å². The molecule has 0 atom stereocenters. The van der Waals surface area contributed by atoms with Gasteiger partial charge in [-0.25, -0.2) is 0 Å². The molecular weight excluding hydrogens is 352 g/mol. The molecule has 2 N–H and O–H groups in total. The lowest BCUT2D eigenvalue weighted by atomic mass is 9.83. The zero-order valence-corrected chi connectivity index (χ0v) is 16.5. The van der Waals surface area contributed by atoms with Crippen LogP contribution < -0.4 is 5.32 Å². The van der Waals surface area contributed by atoms with Gasteiger partial charge in [-0.2, -0.15) is 0 Å². The van der Waals surface area contributed by atoms with Crippen LogP contribution in [0.4, 0.5) is 5.69 Å². The van der Waals surface area contributed by atoms with Crippen LogP contribution >= 0.6 is 0 Å². The van der Waals surface area contributed by atoms with Crippen molar-refractivity contribution in [1.82, 2.24) is 4.90 Å². The van der Waals surface area contributed by atoms with Gasteiger partial charge in [-0.05, 0) is 63.0 Å². The quantitative estimate of drug-likeness (QED) is 0.797. The SMILES string of the molecule is CC(C)(C(=O)Nc1cccc(CN2CCC(C(=O)O)CC2)c1)c1ccccc1. The minimum atomic E-state index is -0.689. The summed E-state index contributed by atoms with van der Waals surface area (Å²) < 4.78 is 0. The highest BCUT2D eigenvalue weighted by Gasteiger charge is 2.29. The molecule has 0 radical (unpaired) electrons. The number of aliphatic carboxylic acids is 1. The van der Waals surface area contributed by atoms with Crippen molar-refractivity contribution in [2.75, 3.05) is 18.4 Å². The minimum Gasteiger partial charge on any atom is -0.481 e. The second-order valence-corrected chi connectivity index (χ2v) is 8.03. The minimum absolute atomic E-state index is 0.0434. The molecule has 2 aromatic carbocycles. The van der Waals surface area contributed by atoms with Crippen LogP contribution in [0.25, 0.3) is 0 Å². The summed E-state index contributed by atoms with van der Waals surface area (Å²) in [4.78, 5) is 26.2. The molecule has 1 aliphatic heterocycles. The number of carbonyl (C=O) groups is 2. The van der Waals surface area contributed by atoms with Crippen LogP contribution in [-0.2, 0) is 21.5 Å². The van der Waals surface area contributed by atoms with Gasteiger partial charge in [-0.1, -0.05) is 42.5 Å². The van der Waals surface area contributed by atoms with E-state index in [-0.39, 0.29) is 11.8 Å². The third kappa shape index (κ3) is 4.78. The molecule has 0 spiro atoms. The molecule has 1 saturated heterocycles. The standard InChI is InChI=1S/C23H28N2O3/c1-23(2,19-8-4-3-5-9-19)22(28)24-20-10-6-7-17(15-20)16-25-13-11-18(12-14-25)21(26)27/h3-10,15,18H,11-14,16H2,1-2H3,(H,24,28)(H,26,27). The Kier molecular flexibility index (Phi) is 6.15. The van der Waals surface area contributed by atoms with E-state index in [1.807, 2.05) is 68.4 Å². The van der Waals surface area contributed by atoms with Crippen molar-refractivity contribution < 1.29 is 14.7 Å². The average molecular weight is 380 g/mol. The van der Waals surface area contributed by atoms with E-state index >= 15 is 0 Å². The number of hydrogen-bond donors (Lipinski definition) is 2. The monoisotopic (exact) mass is 380 g/mol. The van der Waals surface area contributed by atoms with Gasteiger partial charge in [0, 0.05) is 12.2 Å². The second kappa shape index (κ2) is 8.57. The largest absolute Gasteiger partial charge is 0.481 e. The van der Waals surface area contributed by atoms with Crippen LogP contribution in [0.2, 0.25) is 0 Å². The number of hydrogen-bond acceptors (Lipinski definition) is 3. The maximum absolute atomic E-state index is 12.9. The van der Waals surface area contributed by atoms with Crippen molar-refractivity contribution >= 4 is 17.6 Å². The maximum atomic E-state index is 12.9. The third-order valence-corrected chi connectivity index (χ3v) is 5.59. The van der Waals surface area contributed by atoms with Crippen LogP contribution in [0.1, 0.15) is 37.8 Å². The molecule has 1 fully saturated rings. The predicted octanol–water partition coefficient (Wildman–Crippen LogP) is 3.90. The smallest absolute Gasteiger partial charge is 0.306 e. The molecule has 5 nitrogen and oxygen atoms in total. The Labute approximate surface area is 166 Å². The summed E-state index contributed by atoms with van der Waals surface area (Å²) in [6.07, 6.45) is 1.38. The molecule has 1 amide bonds. The van der Waals surface area contributed by atoms with Crippen LogP contribution in [0.5, 0.6) is 0 Å². The number of piperidine rings is 1. The van der Waals surface area contributed by atoms with Crippen molar-refractivity contribution in [2.45, 2.75) is 38.6 Å². The molecule has 1 heterocycles. The fourth-order valence-electron chi connectivity index (χ4n) is 3.62. The number of carboxylic acids is 1. The van der Waals surface area contributed by atoms with E-state index in [9.17, 15) is 9.59 Å². The van der Waals surface area contributed by atoms with E-state index in [1.165, 1.54) is 0 Å². The summed E-state index contributed by atoms with van der Waals surface area (Å²) in [5.74, 6) is -0.953. The van der Waals surface area contributed by atoms with Crippen molar-refractivity contribution in [3.8, 4) is 0 Å². The molecule has 2 aromatic rings. The van der Waals surface area contributed by atoms with E-state index < -0.39 is 11.4 Å². The first-order valence-corrected chi connectivity index (χ1v) is 9.77. The summed E-state index contributed by atoms with van der Waals surface area (Å²) >= 11 is 0. The Morgan fingerprint density at radius 3 is 2.39 bits per heavy atom. The zero-order chi connectivity index (χ0) is 20.1. The lowest BCUT2D eigenvalue weighted by Crippen LogP contribution is -2.36. The highest BCUT2D eigenvalue weighted by Crippen LogP contribution is 2.26. The number of likely N-dealkylation sites (tertiary alicyclic amines) is 1. The van der Waals surface area contributed by atoms with Gasteiger partial charge in [0.25, 0.3) is 0 Å². The lowest BCUT2D eigenvalue weighted by molar-refractivity contribution is -0.143. The van der Waals surface area contributed by atoms with Crippen LogP contribution in [0.15, 0.2) is 54.6 Å². The Bertz CT molecular complexity index is 825. The van der Waals surface area contributed by atoms with Crippen LogP contribution in [0.3, 0.4) is 0 Å². The number of carbonyl (C=O) groups excluding carboxylic acids is 1. The van der Waals surface area contributed by atoms with E-state index in [0.29, 0.717) is 12.8 Å². The average Bonchev–Trinajstić information content (AvgIpc) is 2.69. The van der Waals surface area contributed by atoms with Crippen LogP contribution in [-0.4, -0.2) is 35.0 Å². The Hall–Kier alpha value is -2.66. The van der Waals surface area contributed by atoms with Crippen LogP contribution in [0, 0.1) is 5.92 Å². The molecule has 0 unspecified atom stereocenters. The van der Waals surface area contributed by atoms with Gasteiger partial charge in [0.05, 0.1) is 11.3 Å². The van der Waals surface area contributed by atoms with Crippen molar-refractivity contribution in [2.24, 2.45) is 5.92 Å². The summed E-state index contributed by atoms with van der Waals surface area (Å²) in [6.45, 7) is 6.18. The first-order valence-electron chi connectivity index (χ1n) is 9.77. The molecule has 0 aliphatic carbocycles. The first kappa shape index (κ1) is 20.1. The maximum Gasteiger partial charge on any atom is 0.306 e. The molecule has 0 saturated carbocycles. The number of benzene rings is 2. The van der Waals surface area contributed by atoms with Gasteiger partial charge in [-0.15, -0.1) is 0 Å². The number of carboxylic acid groups (broad SMARTS) is 1. The molecule has 148 valence electrons. The topological polar surface area (TPSA) is 69.6 Å². The lowest BCUT2D eigenvalue weighted by Gasteiger charge is -2.30. The Balaban J connectivity index is 1.62. The molecular formula is C23H28N2O3. The zero-order valence-electron chi connectivity index (χ0n) is 16.5. The highest BCUT2D eigenvalue weighted by molar-refractivity contribution is 5.98. The molecule has 5 heteroatoms. The van der Waals surface area contributed by atoms with Gasteiger partial charge < -0.3 is 10.4 Å². The third-order valence-electron chi connectivity index (χ3n) is 5.59. The van der Waals surface area contributed by atoms with Crippen molar-refractivity contribution in [1.29, 1.82) is 0 Å². The van der Waals surface area contributed by atoms with E-state index in [2.05, 4.69) is 10.2 Å². The summed E-state index contributed by atoms with van der Waals surface area (Å²) in [7, 11) is 0. The van der Waals surface area contributed by atoms with Gasteiger partial charge in [0.2, 0.25) is 5.91 Å². The highest BCUT2D eigenvalue weighted by atomic mass is 16.4. The van der Waals surface area contributed by atoms with E-state index in [1.54, 1.807) is 0 Å². The van der Waals surface area contributed by atoms with Gasteiger partial charge >= 0.3 is 5.97 Å². The van der Waals surface area contributed by atoms with Crippen molar-refractivity contribution in [3.63, 3.8) is 0 Å². The number of rotatable bonds is 6.